The van der Waals surface area contributed by atoms with Crippen LogP contribution in [0.15, 0.2) is 0 Å². The lowest BCUT2D eigenvalue weighted by Crippen LogP contribution is -2.07. The van der Waals surface area contributed by atoms with Crippen molar-refractivity contribution in [1.29, 1.82) is 0 Å². The SMILES string of the molecule is C#CCCOc1nc(N)nc(OCC)n1. The van der Waals surface area contributed by atoms with E-state index in [1.165, 1.54) is 0 Å². The smallest absolute Gasteiger partial charge is 0.324 e. The summed E-state index contributed by atoms with van der Waals surface area (Å²) in [6.07, 6.45) is 5.55. The molecule has 0 bridgehead atoms. The van der Waals surface area contributed by atoms with Gasteiger partial charge in [-0.05, 0) is 6.92 Å². The standard InChI is InChI=1S/C9H12N4O2/c1-3-5-6-15-9-12-7(10)11-8(13-9)14-4-2/h1H,4-6H2,2H3,(H2,10,11,12,13). The van der Waals surface area contributed by atoms with Crippen LogP contribution in [-0.4, -0.2) is 28.2 Å². The highest BCUT2D eigenvalue weighted by Crippen LogP contribution is 2.10. The molecule has 0 fully saturated rings. The van der Waals surface area contributed by atoms with E-state index in [-0.39, 0.29) is 18.0 Å². The lowest BCUT2D eigenvalue weighted by Gasteiger charge is -2.05. The van der Waals surface area contributed by atoms with Crippen LogP contribution in [-0.2, 0) is 0 Å². The van der Waals surface area contributed by atoms with Crippen molar-refractivity contribution in [3.05, 3.63) is 0 Å². The Morgan fingerprint density at radius 2 is 1.93 bits per heavy atom. The number of hydrogen-bond acceptors (Lipinski definition) is 6. The van der Waals surface area contributed by atoms with Crippen LogP contribution in [0.2, 0.25) is 0 Å². The predicted molar refractivity (Wildman–Crippen MR) is 54.4 cm³/mol. The predicted octanol–water partition coefficient (Wildman–Crippen LogP) is 0.255. The van der Waals surface area contributed by atoms with E-state index in [0.717, 1.165) is 0 Å². The number of terminal acetylenes is 1. The molecule has 2 N–H and O–H groups in total. The van der Waals surface area contributed by atoms with Gasteiger partial charge in [-0.25, -0.2) is 0 Å². The number of ether oxygens (including phenoxy) is 2. The average molecular weight is 208 g/mol. The van der Waals surface area contributed by atoms with Gasteiger partial charge in [-0.1, -0.05) is 0 Å². The van der Waals surface area contributed by atoms with Gasteiger partial charge in [0.2, 0.25) is 5.95 Å². The number of nitrogen functional groups attached to an aromatic ring is 1. The van der Waals surface area contributed by atoms with Crippen molar-refractivity contribution < 1.29 is 9.47 Å². The third-order valence-electron chi connectivity index (χ3n) is 1.36. The molecule has 0 aliphatic rings. The molecule has 80 valence electrons. The Bertz CT molecular complexity index is 362. The van der Waals surface area contributed by atoms with Crippen molar-refractivity contribution in [2.45, 2.75) is 13.3 Å². The summed E-state index contributed by atoms with van der Waals surface area (Å²) in [6.45, 7) is 2.61. The van der Waals surface area contributed by atoms with E-state index in [1.807, 2.05) is 6.92 Å². The Kier molecular flexibility index (Phi) is 4.16. The maximum absolute atomic E-state index is 5.43. The van der Waals surface area contributed by atoms with Gasteiger partial charge >= 0.3 is 12.0 Å². The van der Waals surface area contributed by atoms with Crippen LogP contribution < -0.4 is 15.2 Å². The van der Waals surface area contributed by atoms with E-state index >= 15 is 0 Å². The van der Waals surface area contributed by atoms with Gasteiger partial charge in [-0.3, -0.25) is 0 Å². The summed E-state index contributed by atoms with van der Waals surface area (Å²) < 4.78 is 10.2. The summed E-state index contributed by atoms with van der Waals surface area (Å²) in [5.74, 6) is 2.49. The monoisotopic (exact) mass is 208 g/mol. The number of anilines is 1. The molecule has 0 saturated carbocycles. The summed E-state index contributed by atoms with van der Waals surface area (Å²) >= 11 is 0. The summed E-state index contributed by atoms with van der Waals surface area (Å²) in [5, 5.41) is 0. The van der Waals surface area contributed by atoms with E-state index in [2.05, 4.69) is 20.9 Å². The zero-order chi connectivity index (χ0) is 11.1. The average Bonchev–Trinajstić information content (AvgIpc) is 2.18. The third-order valence-corrected chi connectivity index (χ3v) is 1.36. The van der Waals surface area contributed by atoms with E-state index in [9.17, 15) is 0 Å². The molecule has 1 aromatic rings. The number of aromatic nitrogens is 3. The number of rotatable bonds is 5. The van der Waals surface area contributed by atoms with Gasteiger partial charge in [-0.2, -0.15) is 9.97 Å². The molecule has 1 rings (SSSR count). The first kappa shape index (κ1) is 11.0. The normalized spacial score (nSPS) is 9.33. The van der Waals surface area contributed by atoms with Crippen molar-refractivity contribution in [1.82, 2.24) is 15.0 Å². The van der Waals surface area contributed by atoms with Crippen molar-refractivity contribution in [2.75, 3.05) is 18.9 Å². The van der Waals surface area contributed by atoms with E-state index in [4.69, 9.17) is 21.6 Å². The van der Waals surface area contributed by atoms with Crippen LogP contribution in [0, 0.1) is 12.3 Å². The maximum Gasteiger partial charge on any atom is 0.324 e. The highest BCUT2D eigenvalue weighted by Gasteiger charge is 2.05. The van der Waals surface area contributed by atoms with Gasteiger partial charge in [0.05, 0.1) is 6.61 Å². The minimum absolute atomic E-state index is 0.0594. The van der Waals surface area contributed by atoms with Crippen LogP contribution >= 0.6 is 0 Å². The lowest BCUT2D eigenvalue weighted by atomic mass is 10.5. The third kappa shape index (κ3) is 3.68. The minimum Gasteiger partial charge on any atom is -0.464 e. The summed E-state index contributed by atoms with van der Waals surface area (Å²) in [4.78, 5) is 11.4. The Morgan fingerprint density at radius 1 is 1.27 bits per heavy atom. The van der Waals surface area contributed by atoms with Crippen molar-refractivity contribution >= 4 is 5.95 Å². The molecular weight excluding hydrogens is 196 g/mol. The maximum atomic E-state index is 5.43. The first-order valence-corrected chi connectivity index (χ1v) is 4.47. The van der Waals surface area contributed by atoms with Crippen LogP contribution in [0.1, 0.15) is 13.3 Å². The minimum atomic E-state index is 0.0594. The molecule has 0 unspecified atom stereocenters. The van der Waals surface area contributed by atoms with Gasteiger partial charge in [-0.15, -0.1) is 17.3 Å². The topological polar surface area (TPSA) is 83.2 Å². The molecule has 0 aliphatic heterocycles. The summed E-state index contributed by atoms with van der Waals surface area (Å²) in [6, 6.07) is 0.280. The summed E-state index contributed by atoms with van der Waals surface area (Å²) in [5.41, 5.74) is 5.43. The van der Waals surface area contributed by atoms with Gasteiger partial charge < -0.3 is 15.2 Å². The highest BCUT2D eigenvalue weighted by atomic mass is 16.5. The van der Waals surface area contributed by atoms with Gasteiger partial charge in [0.25, 0.3) is 0 Å². The second-order valence-corrected chi connectivity index (χ2v) is 2.49. The molecule has 15 heavy (non-hydrogen) atoms. The zero-order valence-corrected chi connectivity index (χ0v) is 8.43. The molecule has 0 saturated heterocycles. The van der Waals surface area contributed by atoms with E-state index < -0.39 is 0 Å². The van der Waals surface area contributed by atoms with E-state index in [0.29, 0.717) is 19.6 Å². The second-order valence-electron chi connectivity index (χ2n) is 2.49. The first-order valence-electron chi connectivity index (χ1n) is 4.47. The fourth-order valence-electron chi connectivity index (χ4n) is 0.812. The molecule has 0 spiro atoms. The van der Waals surface area contributed by atoms with Crippen LogP contribution in [0.3, 0.4) is 0 Å². The summed E-state index contributed by atoms with van der Waals surface area (Å²) in [7, 11) is 0. The molecule has 6 nitrogen and oxygen atoms in total. The molecule has 6 heteroatoms. The quantitative estimate of drug-likeness (QED) is 0.551. The number of nitrogens with two attached hydrogens (primary N) is 1. The van der Waals surface area contributed by atoms with Gasteiger partial charge in [0, 0.05) is 6.42 Å². The van der Waals surface area contributed by atoms with Crippen LogP contribution in [0.25, 0.3) is 0 Å². The lowest BCUT2D eigenvalue weighted by molar-refractivity contribution is 0.275. The second kappa shape index (κ2) is 5.65. The Hall–Kier alpha value is -2.03. The molecule has 1 heterocycles. The molecule has 0 aromatic carbocycles. The number of hydrogen-bond donors (Lipinski definition) is 1. The fourth-order valence-corrected chi connectivity index (χ4v) is 0.812. The first-order chi connectivity index (χ1) is 7.26. The van der Waals surface area contributed by atoms with Crippen LogP contribution in [0.5, 0.6) is 12.0 Å². The van der Waals surface area contributed by atoms with Crippen molar-refractivity contribution in [3.8, 4) is 24.4 Å². The van der Waals surface area contributed by atoms with Gasteiger partial charge in [0.15, 0.2) is 0 Å². The van der Waals surface area contributed by atoms with Crippen molar-refractivity contribution in [3.63, 3.8) is 0 Å². The van der Waals surface area contributed by atoms with Crippen molar-refractivity contribution in [2.24, 2.45) is 0 Å². The van der Waals surface area contributed by atoms with E-state index in [1.54, 1.807) is 0 Å². The Labute approximate surface area is 87.8 Å². The zero-order valence-electron chi connectivity index (χ0n) is 8.43. The van der Waals surface area contributed by atoms with Crippen LogP contribution in [0.4, 0.5) is 5.95 Å². The molecule has 0 amide bonds. The highest BCUT2D eigenvalue weighted by molar-refractivity contribution is 5.20. The largest absolute Gasteiger partial charge is 0.464 e. The molecule has 1 aromatic heterocycles. The molecule has 0 radical (unpaired) electrons. The fraction of sp³-hybridized carbons (Fsp3) is 0.444. The Balaban J connectivity index is 2.67. The van der Waals surface area contributed by atoms with Gasteiger partial charge in [0.1, 0.15) is 6.61 Å². The molecule has 0 aliphatic carbocycles. The Morgan fingerprint density at radius 3 is 2.53 bits per heavy atom. The molecule has 0 atom stereocenters. The number of nitrogens with zero attached hydrogens (tertiary/aromatic N) is 3. The molecular formula is C9H12N4O2.